The first-order valence-electron chi connectivity index (χ1n) is 13.1. The van der Waals surface area contributed by atoms with Crippen LogP contribution in [0.4, 0.5) is 23.2 Å². The van der Waals surface area contributed by atoms with Crippen LogP contribution in [0.15, 0.2) is 41.4 Å². The Morgan fingerprint density at radius 3 is 2.58 bits per heavy atom. The van der Waals surface area contributed by atoms with Crippen LogP contribution in [0.3, 0.4) is 0 Å². The number of alkyl halides is 1. The van der Waals surface area contributed by atoms with Crippen molar-refractivity contribution >= 4 is 34.3 Å². The van der Waals surface area contributed by atoms with Crippen molar-refractivity contribution in [2.24, 2.45) is 5.41 Å². The van der Waals surface area contributed by atoms with Crippen molar-refractivity contribution < 1.29 is 32.2 Å². The predicted molar refractivity (Wildman–Crippen MR) is 148 cm³/mol. The summed E-state index contributed by atoms with van der Waals surface area (Å²) in [6.45, 7) is 1.45. The van der Waals surface area contributed by atoms with E-state index in [4.69, 9.17) is 4.74 Å². The first kappa shape index (κ1) is 29.9. The molecule has 0 radical (unpaired) electrons. The minimum absolute atomic E-state index is 0.0315. The predicted octanol–water partition coefficient (Wildman–Crippen LogP) is 6.48. The number of ether oxygens (including phenoxy) is 1. The average molecular weight is 580 g/mol. The number of anilines is 1. The van der Waals surface area contributed by atoms with Crippen molar-refractivity contribution in [3.05, 3.63) is 59.5 Å². The topological polar surface area (TPSA) is 65.9 Å². The van der Waals surface area contributed by atoms with Gasteiger partial charge in [0.05, 0.1) is 29.9 Å². The van der Waals surface area contributed by atoms with Crippen molar-refractivity contribution in [1.82, 2.24) is 9.88 Å². The molecule has 0 spiro atoms. The summed E-state index contributed by atoms with van der Waals surface area (Å²) in [5.41, 5.74) is 0.651. The van der Waals surface area contributed by atoms with E-state index in [1.165, 1.54) is 7.11 Å². The molecular formula is C29H33F4N3O3S. The molecule has 0 bridgehead atoms. The standard InChI is InChI=1S/C29H33F4N3O3S/c1-35(2)24-17-34-23-5-4-19(39-3)16-20(23)26(24)21(31)6-7-29(28(37)38)8-10-36(11-9-29)12-13-40-25-15-18(30)14-22(32)27(25)33/h4-5,14-17,21H,6-13H2,1-3H3,(H,37,38). The maximum Gasteiger partial charge on any atom is 0.309 e. The smallest absolute Gasteiger partial charge is 0.309 e. The van der Waals surface area contributed by atoms with E-state index < -0.39 is 35.0 Å². The fraction of sp³-hybridized carbons (Fsp3) is 0.448. The van der Waals surface area contributed by atoms with Gasteiger partial charge >= 0.3 is 5.97 Å². The molecular weight excluding hydrogens is 546 g/mol. The molecule has 0 saturated carbocycles. The van der Waals surface area contributed by atoms with E-state index in [0.717, 1.165) is 17.8 Å². The largest absolute Gasteiger partial charge is 0.497 e. The van der Waals surface area contributed by atoms with Crippen molar-refractivity contribution in [2.45, 2.75) is 36.8 Å². The minimum Gasteiger partial charge on any atom is -0.497 e. The second-order valence-electron chi connectivity index (χ2n) is 10.3. The number of hydrogen-bond acceptors (Lipinski definition) is 6. The highest BCUT2D eigenvalue weighted by Crippen LogP contribution is 2.43. The Bertz CT molecular complexity index is 1370. The summed E-state index contributed by atoms with van der Waals surface area (Å²) in [7, 11) is 5.16. The number of rotatable bonds is 11. The van der Waals surface area contributed by atoms with Gasteiger partial charge in [-0.25, -0.2) is 17.6 Å². The molecule has 6 nitrogen and oxygen atoms in total. The third kappa shape index (κ3) is 6.46. The van der Waals surface area contributed by atoms with E-state index in [9.17, 15) is 23.1 Å². The van der Waals surface area contributed by atoms with Gasteiger partial charge in [0, 0.05) is 48.3 Å². The number of likely N-dealkylation sites (tertiary alicyclic amines) is 1. The number of carboxylic acid groups (broad SMARTS) is 1. The van der Waals surface area contributed by atoms with Crippen LogP contribution >= 0.6 is 11.8 Å². The van der Waals surface area contributed by atoms with Gasteiger partial charge in [-0.15, -0.1) is 11.8 Å². The zero-order valence-electron chi connectivity index (χ0n) is 22.7. The lowest BCUT2D eigenvalue weighted by Crippen LogP contribution is -2.45. The molecule has 2 aromatic carbocycles. The fourth-order valence-electron chi connectivity index (χ4n) is 5.24. The second kappa shape index (κ2) is 12.6. The molecule has 1 fully saturated rings. The van der Waals surface area contributed by atoms with Crippen LogP contribution < -0.4 is 9.64 Å². The number of halogens is 4. The van der Waals surface area contributed by atoms with Gasteiger partial charge in [0.1, 0.15) is 17.7 Å². The maximum absolute atomic E-state index is 16.0. The lowest BCUT2D eigenvalue weighted by Gasteiger charge is -2.39. The molecule has 0 aliphatic carbocycles. The number of piperidine rings is 1. The van der Waals surface area contributed by atoms with Gasteiger partial charge in [-0.1, -0.05) is 0 Å². The molecule has 2 heterocycles. The van der Waals surface area contributed by atoms with Crippen LogP contribution in [0.25, 0.3) is 10.9 Å². The summed E-state index contributed by atoms with van der Waals surface area (Å²) >= 11 is 1.01. The number of benzene rings is 2. The molecule has 1 aliphatic rings. The Kier molecular flexibility index (Phi) is 9.45. The average Bonchev–Trinajstić information content (AvgIpc) is 2.93. The zero-order valence-corrected chi connectivity index (χ0v) is 23.5. The summed E-state index contributed by atoms with van der Waals surface area (Å²) in [6, 6.07) is 6.76. The van der Waals surface area contributed by atoms with Crippen molar-refractivity contribution in [3.8, 4) is 5.75 Å². The van der Waals surface area contributed by atoms with Crippen LogP contribution in [0.1, 0.15) is 37.4 Å². The minimum atomic E-state index is -1.41. The van der Waals surface area contributed by atoms with E-state index >= 15 is 4.39 Å². The number of pyridine rings is 1. The van der Waals surface area contributed by atoms with Crippen molar-refractivity contribution in [1.29, 1.82) is 0 Å². The Morgan fingerprint density at radius 2 is 1.93 bits per heavy atom. The first-order valence-corrected chi connectivity index (χ1v) is 14.0. The number of hydrogen-bond donors (Lipinski definition) is 1. The van der Waals surface area contributed by atoms with Gasteiger partial charge in [-0.05, 0) is 63.0 Å². The number of carbonyl (C=O) groups is 1. The SMILES string of the molecule is COc1ccc2ncc(N(C)C)c(C(F)CCC3(C(=O)O)CCN(CCSc4cc(F)cc(F)c4F)CC3)c2c1. The molecule has 0 amide bonds. The summed E-state index contributed by atoms with van der Waals surface area (Å²) in [5.74, 6) is -3.12. The number of aromatic nitrogens is 1. The fourth-order valence-corrected chi connectivity index (χ4v) is 6.23. The van der Waals surface area contributed by atoms with E-state index in [1.54, 1.807) is 29.3 Å². The molecule has 1 atom stereocenters. The molecule has 40 heavy (non-hydrogen) atoms. The highest BCUT2D eigenvalue weighted by Gasteiger charge is 2.42. The highest BCUT2D eigenvalue weighted by molar-refractivity contribution is 7.99. The molecule has 216 valence electrons. The summed E-state index contributed by atoms with van der Waals surface area (Å²) < 4.78 is 62.2. The van der Waals surface area contributed by atoms with Gasteiger partial charge in [0.2, 0.25) is 0 Å². The van der Waals surface area contributed by atoms with Crippen LogP contribution in [-0.4, -0.2) is 67.6 Å². The van der Waals surface area contributed by atoms with Gasteiger partial charge in [-0.3, -0.25) is 9.78 Å². The van der Waals surface area contributed by atoms with Gasteiger partial charge < -0.3 is 19.6 Å². The zero-order chi connectivity index (χ0) is 29.0. The number of nitrogens with zero attached hydrogens (tertiary/aromatic N) is 3. The van der Waals surface area contributed by atoms with Gasteiger partial charge in [-0.2, -0.15) is 0 Å². The lowest BCUT2D eigenvalue weighted by molar-refractivity contribution is -0.153. The molecule has 1 unspecified atom stereocenters. The third-order valence-corrected chi connectivity index (χ3v) is 8.65. The Morgan fingerprint density at radius 1 is 1.20 bits per heavy atom. The monoisotopic (exact) mass is 579 g/mol. The van der Waals surface area contributed by atoms with Gasteiger partial charge in [0.25, 0.3) is 0 Å². The Balaban J connectivity index is 1.41. The summed E-state index contributed by atoms with van der Waals surface area (Å²) in [4.78, 5) is 20.6. The molecule has 1 aromatic heterocycles. The number of fused-ring (bicyclic) bond motifs is 1. The van der Waals surface area contributed by atoms with Gasteiger partial charge in [0.15, 0.2) is 11.6 Å². The number of carboxylic acids is 1. The van der Waals surface area contributed by atoms with Crippen molar-refractivity contribution in [3.63, 3.8) is 0 Å². The quantitative estimate of drug-likeness (QED) is 0.159. The molecule has 1 saturated heterocycles. The number of methoxy groups -OCH3 is 1. The molecule has 11 heteroatoms. The van der Waals surface area contributed by atoms with Crippen LogP contribution in [-0.2, 0) is 4.79 Å². The van der Waals surface area contributed by atoms with Crippen molar-refractivity contribution in [2.75, 3.05) is 51.5 Å². The van der Waals surface area contributed by atoms with E-state index in [-0.39, 0.29) is 17.7 Å². The van der Waals surface area contributed by atoms with E-state index in [2.05, 4.69) is 4.98 Å². The first-order chi connectivity index (χ1) is 19.0. The number of thioether (sulfide) groups is 1. The van der Waals surface area contributed by atoms with Crippen LogP contribution in [0, 0.1) is 22.9 Å². The van der Waals surface area contributed by atoms with Crippen LogP contribution in [0.2, 0.25) is 0 Å². The molecule has 4 rings (SSSR count). The Labute approximate surface area is 235 Å². The second-order valence-corrected chi connectivity index (χ2v) is 11.5. The summed E-state index contributed by atoms with van der Waals surface area (Å²) in [5, 5.41) is 10.8. The molecule has 1 aliphatic heterocycles. The lowest BCUT2D eigenvalue weighted by atomic mass is 9.74. The summed E-state index contributed by atoms with van der Waals surface area (Å²) in [6.07, 6.45) is 1.10. The molecule has 1 N–H and O–H groups in total. The normalized spacial score (nSPS) is 16.2. The Hall–Kier alpha value is -3.05. The van der Waals surface area contributed by atoms with Crippen LogP contribution in [0.5, 0.6) is 5.75 Å². The maximum atomic E-state index is 16.0. The highest BCUT2D eigenvalue weighted by atomic mass is 32.2. The van der Waals surface area contributed by atoms with E-state index in [1.807, 2.05) is 19.0 Å². The number of aliphatic carboxylic acids is 1. The third-order valence-electron chi connectivity index (χ3n) is 7.66. The molecule has 3 aromatic rings. The van der Waals surface area contributed by atoms with E-state index in [0.29, 0.717) is 72.2 Å².